The van der Waals surface area contributed by atoms with Gasteiger partial charge in [0.05, 0.1) is 11.2 Å². The largest absolute Gasteiger partial charge is 0.464 e. The first-order valence-corrected chi connectivity index (χ1v) is 9.05. The number of hydrogen-bond acceptors (Lipinski definition) is 5. The Morgan fingerprint density at radius 3 is 2.85 bits per heavy atom. The van der Waals surface area contributed by atoms with Gasteiger partial charge in [0.25, 0.3) is 0 Å². The zero-order chi connectivity index (χ0) is 19.1. The van der Waals surface area contributed by atoms with Crippen LogP contribution in [0.4, 0.5) is 4.79 Å². The third-order valence-corrected chi connectivity index (χ3v) is 5.14. The summed E-state index contributed by atoms with van der Waals surface area (Å²) >= 11 is 0. The lowest BCUT2D eigenvalue weighted by Crippen LogP contribution is -2.43. The van der Waals surface area contributed by atoms with Gasteiger partial charge in [0.15, 0.2) is 0 Å². The van der Waals surface area contributed by atoms with Crippen molar-refractivity contribution in [2.24, 2.45) is 0 Å². The van der Waals surface area contributed by atoms with Crippen LogP contribution in [0.3, 0.4) is 0 Å². The van der Waals surface area contributed by atoms with Crippen molar-refractivity contribution in [2.75, 3.05) is 0 Å². The van der Waals surface area contributed by atoms with Crippen LogP contribution in [-0.2, 0) is 13.0 Å². The summed E-state index contributed by atoms with van der Waals surface area (Å²) in [4.78, 5) is 22.5. The third kappa shape index (κ3) is 3.14. The highest BCUT2D eigenvalue weighted by Gasteiger charge is 2.28. The van der Waals surface area contributed by atoms with E-state index in [1.54, 1.807) is 24.5 Å². The second-order valence-electron chi connectivity index (χ2n) is 7.21. The zero-order valence-electron chi connectivity index (χ0n) is 15.6. The van der Waals surface area contributed by atoms with Gasteiger partial charge in [-0.1, -0.05) is 0 Å². The number of aromatic nitrogens is 3. The molecule has 3 heterocycles. The molecule has 0 aliphatic carbocycles. The van der Waals surface area contributed by atoms with Crippen molar-refractivity contribution in [3.8, 4) is 11.6 Å². The van der Waals surface area contributed by atoms with Gasteiger partial charge in [-0.2, -0.15) is 0 Å². The molecule has 1 N–H and O–H groups in total. The van der Waals surface area contributed by atoms with E-state index in [0.29, 0.717) is 29.2 Å². The lowest BCUT2D eigenvalue weighted by molar-refractivity contribution is 0.137. The van der Waals surface area contributed by atoms with Crippen LogP contribution in [0.25, 0.3) is 10.9 Å². The number of carboxylic acid groups (broad SMARTS) is 1. The average Bonchev–Trinajstić information content (AvgIpc) is 3.05. The Morgan fingerprint density at radius 1 is 1.30 bits per heavy atom. The first-order valence-electron chi connectivity index (χ1n) is 9.05. The van der Waals surface area contributed by atoms with E-state index in [1.165, 1.54) is 10.8 Å². The summed E-state index contributed by atoms with van der Waals surface area (Å²) in [5.74, 6) is 1.21. The molecule has 0 bridgehead atoms. The number of hydrogen-bond donors (Lipinski definition) is 1. The second kappa shape index (κ2) is 6.66. The molecular weight excluding hydrogens is 344 g/mol. The van der Waals surface area contributed by atoms with Crippen LogP contribution < -0.4 is 4.74 Å². The maximum atomic E-state index is 11.2. The summed E-state index contributed by atoms with van der Waals surface area (Å²) in [5.41, 5.74) is 2.68. The second-order valence-corrected chi connectivity index (χ2v) is 7.21. The number of benzene rings is 1. The molecule has 1 unspecified atom stereocenters. The summed E-state index contributed by atoms with van der Waals surface area (Å²) in [6, 6.07) is 7.94. The first-order chi connectivity index (χ1) is 12.9. The SMILES string of the molecule is CC(C)N1Cc2ncnc(Oc3ccc4c(ccn4C(=O)O)c3)c2CC1C. The van der Waals surface area contributed by atoms with Crippen molar-refractivity contribution in [3.63, 3.8) is 0 Å². The van der Waals surface area contributed by atoms with Crippen molar-refractivity contribution in [2.45, 2.75) is 45.8 Å². The molecule has 140 valence electrons. The molecule has 3 aromatic rings. The van der Waals surface area contributed by atoms with Gasteiger partial charge in [-0.3, -0.25) is 9.47 Å². The number of rotatable bonds is 3. The zero-order valence-corrected chi connectivity index (χ0v) is 15.6. The van der Waals surface area contributed by atoms with Gasteiger partial charge in [0.2, 0.25) is 5.88 Å². The smallest absolute Gasteiger partial charge is 0.415 e. The van der Waals surface area contributed by atoms with Crippen LogP contribution in [0.2, 0.25) is 0 Å². The summed E-state index contributed by atoms with van der Waals surface area (Å²) in [7, 11) is 0. The Labute approximate surface area is 157 Å². The minimum atomic E-state index is -1.01. The van der Waals surface area contributed by atoms with Gasteiger partial charge in [0, 0.05) is 35.8 Å². The lowest BCUT2D eigenvalue weighted by atomic mass is 9.98. The molecule has 1 aliphatic rings. The van der Waals surface area contributed by atoms with Gasteiger partial charge in [0.1, 0.15) is 12.1 Å². The van der Waals surface area contributed by atoms with Crippen LogP contribution in [0.5, 0.6) is 11.6 Å². The van der Waals surface area contributed by atoms with Gasteiger partial charge < -0.3 is 9.84 Å². The molecule has 0 saturated heterocycles. The number of carbonyl (C=O) groups is 1. The molecule has 7 heteroatoms. The minimum Gasteiger partial charge on any atom is -0.464 e. The van der Waals surface area contributed by atoms with E-state index < -0.39 is 6.09 Å². The molecule has 1 atom stereocenters. The molecule has 1 aliphatic heterocycles. The van der Waals surface area contributed by atoms with E-state index in [2.05, 4.69) is 35.6 Å². The molecule has 0 amide bonds. The first kappa shape index (κ1) is 17.5. The van der Waals surface area contributed by atoms with E-state index in [-0.39, 0.29) is 0 Å². The Morgan fingerprint density at radius 2 is 2.11 bits per heavy atom. The molecule has 0 saturated carbocycles. The average molecular weight is 366 g/mol. The summed E-state index contributed by atoms with van der Waals surface area (Å²) in [6.07, 6.45) is 2.90. The maximum Gasteiger partial charge on any atom is 0.415 e. The highest BCUT2D eigenvalue weighted by atomic mass is 16.5. The fourth-order valence-corrected chi connectivity index (χ4v) is 3.76. The molecule has 1 aromatic carbocycles. The summed E-state index contributed by atoms with van der Waals surface area (Å²) in [5, 5.41) is 10.0. The van der Waals surface area contributed by atoms with Crippen molar-refractivity contribution in [3.05, 3.63) is 48.0 Å². The van der Waals surface area contributed by atoms with E-state index in [4.69, 9.17) is 4.74 Å². The highest BCUT2D eigenvalue weighted by molar-refractivity contribution is 5.89. The topological polar surface area (TPSA) is 80.5 Å². The van der Waals surface area contributed by atoms with Crippen molar-refractivity contribution < 1.29 is 14.6 Å². The van der Waals surface area contributed by atoms with Crippen molar-refractivity contribution in [1.29, 1.82) is 0 Å². The van der Waals surface area contributed by atoms with Crippen LogP contribution in [0.1, 0.15) is 32.0 Å². The normalized spacial score (nSPS) is 17.3. The Balaban J connectivity index is 1.65. The Bertz CT molecular complexity index is 1010. The monoisotopic (exact) mass is 366 g/mol. The molecule has 0 radical (unpaired) electrons. The fourth-order valence-electron chi connectivity index (χ4n) is 3.76. The van der Waals surface area contributed by atoms with Gasteiger partial charge in [-0.25, -0.2) is 14.8 Å². The lowest BCUT2D eigenvalue weighted by Gasteiger charge is -2.37. The maximum absolute atomic E-state index is 11.2. The predicted molar refractivity (Wildman–Crippen MR) is 101 cm³/mol. The molecule has 27 heavy (non-hydrogen) atoms. The molecule has 7 nitrogen and oxygen atoms in total. The van der Waals surface area contributed by atoms with Crippen molar-refractivity contribution >= 4 is 17.0 Å². The van der Waals surface area contributed by atoms with E-state index >= 15 is 0 Å². The molecule has 0 spiro atoms. The quantitative estimate of drug-likeness (QED) is 0.757. The van der Waals surface area contributed by atoms with Gasteiger partial charge >= 0.3 is 6.09 Å². The van der Waals surface area contributed by atoms with Crippen molar-refractivity contribution in [1.82, 2.24) is 19.4 Å². The Hall–Kier alpha value is -2.93. The molecule has 2 aromatic heterocycles. The number of fused-ring (bicyclic) bond motifs is 2. The fraction of sp³-hybridized carbons (Fsp3) is 0.350. The molecule has 0 fully saturated rings. The number of ether oxygens (including phenoxy) is 1. The van der Waals surface area contributed by atoms with E-state index in [9.17, 15) is 9.90 Å². The summed E-state index contributed by atoms with van der Waals surface area (Å²) in [6.45, 7) is 7.38. The van der Waals surface area contributed by atoms with Crippen LogP contribution in [-0.4, -0.2) is 42.7 Å². The van der Waals surface area contributed by atoms with E-state index in [1.807, 2.05) is 6.07 Å². The highest BCUT2D eigenvalue weighted by Crippen LogP contribution is 2.32. The number of nitrogens with zero attached hydrogens (tertiary/aromatic N) is 4. The Kier molecular flexibility index (Phi) is 4.31. The summed E-state index contributed by atoms with van der Waals surface area (Å²) < 4.78 is 7.26. The van der Waals surface area contributed by atoms with E-state index in [0.717, 1.165) is 29.6 Å². The standard InChI is InChI=1S/C20H22N4O3/c1-12(2)24-10-17-16(8-13(24)3)19(22-11-21-17)27-15-4-5-18-14(9-15)6-7-23(18)20(25)26/h4-7,9,11-13H,8,10H2,1-3H3,(H,25,26). The predicted octanol–water partition coefficient (Wildman–Crippen LogP) is 3.90. The van der Waals surface area contributed by atoms with Crippen LogP contribution in [0.15, 0.2) is 36.8 Å². The van der Waals surface area contributed by atoms with Gasteiger partial charge in [-0.05, 0) is 51.5 Å². The third-order valence-electron chi connectivity index (χ3n) is 5.14. The minimum absolute atomic E-state index is 0.387. The van der Waals surface area contributed by atoms with Crippen LogP contribution >= 0.6 is 0 Å². The van der Waals surface area contributed by atoms with Gasteiger partial charge in [-0.15, -0.1) is 0 Å². The molecular formula is C20H22N4O3. The molecule has 4 rings (SSSR count). The van der Waals surface area contributed by atoms with Crippen LogP contribution in [0, 0.1) is 0 Å².